The fraction of sp³-hybridized carbons (Fsp3) is 0.500. The van der Waals surface area contributed by atoms with Crippen LogP contribution in [-0.2, 0) is 6.42 Å². The number of nitrogens with two attached hydrogens (primary N) is 1. The van der Waals surface area contributed by atoms with E-state index in [-0.39, 0.29) is 6.04 Å². The zero-order chi connectivity index (χ0) is 16.3. The first-order valence-electron chi connectivity index (χ1n) is 8.69. The van der Waals surface area contributed by atoms with Gasteiger partial charge in [-0.05, 0) is 42.4 Å². The van der Waals surface area contributed by atoms with Gasteiger partial charge in [-0.3, -0.25) is 0 Å². The van der Waals surface area contributed by atoms with Crippen molar-refractivity contribution >= 4 is 27.9 Å². The summed E-state index contributed by atoms with van der Waals surface area (Å²) in [4.78, 5) is 4.86. The molecule has 5 nitrogen and oxygen atoms in total. The lowest BCUT2D eigenvalue weighted by atomic mass is 9.98. The number of fused-ring (bicyclic) bond motifs is 2. The quantitative estimate of drug-likeness (QED) is 0.929. The van der Waals surface area contributed by atoms with E-state index in [0.29, 0.717) is 6.04 Å². The van der Waals surface area contributed by atoms with Gasteiger partial charge < -0.3 is 20.3 Å². The first-order chi connectivity index (χ1) is 11.8. The SMILES string of the molecule is COc1c(N2CC[C@@H](N)C2)ccc2c1N(C1CC1)c1sncc1C2. The molecule has 24 heavy (non-hydrogen) atoms. The van der Waals surface area contributed by atoms with Crippen molar-refractivity contribution in [1.82, 2.24) is 4.37 Å². The van der Waals surface area contributed by atoms with Gasteiger partial charge in [-0.15, -0.1) is 0 Å². The lowest BCUT2D eigenvalue weighted by molar-refractivity contribution is 0.414. The monoisotopic (exact) mass is 342 g/mol. The Hall–Kier alpha value is -1.79. The number of methoxy groups -OCH3 is 1. The maximum absolute atomic E-state index is 6.13. The Morgan fingerprint density at radius 1 is 1.25 bits per heavy atom. The number of nitrogens with zero attached hydrogens (tertiary/aromatic N) is 3. The van der Waals surface area contributed by atoms with Crippen LogP contribution in [0.25, 0.3) is 0 Å². The highest BCUT2D eigenvalue weighted by Crippen LogP contribution is 2.53. The lowest BCUT2D eigenvalue weighted by Gasteiger charge is -2.34. The van der Waals surface area contributed by atoms with E-state index in [1.54, 1.807) is 18.6 Å². The second-order valence-corrected chi connectivity index (χ2v) is 7.83. The van der Waals surface area contributed by atoms with Gasteiger partial charge in [0, 0.05) is 43.4 Å². The van der Waals surface area contributed by atoms with Gasteiger partial charge in [0.25, 0.3) is 0 Å². The molecule has 0 radical (unpaired) electrons. The minimum absolute atomic E-state index is 0.262. The Morgan fingerprint density at radius 3 is 2.83 bits per heavy atom. The summed E-state index contributed by atoms with van der Waals surface area (Å²) in [5.74, 6) is 1.01. The fourth-order valence-electron chi connectivity index (χ4n) is 4.03. The van der Waals surface area contributed by atoms with Crippen LogP contribution in [-0.4, -0.2) is 36.7 Å². The van der Waals surface area contributed by atoms with Crippen LogP contribution in [0, 0.1) is 0 Å². The van der Waals surface area contributed by atoms with Gasteiger partial charge in [0.2, 0.25) is 0 Å². The molecule has 3 heterocycles. The van der Waals surface area contributed by atoms with Crippen LogP contribution in [0.5, 0.6) is 5.75 Å². The summed E-state index contributed by atoms with van der Waals surface area (Å²) < 4.78 is 10.4. The lowest BCUT2D eigenvalue weighted by Crippen LogP contribution is -2.28. The Kier molecular flexibility index (Phi) is 3.25. The van der Waals surface area contributed by atoms with Crippen molar-refractivity contribution in [1.29, 1.82) is 0 Å². The third kappa shape index (κ3) is 2.13. The molecule has 126 valence electrons. The van der Waals surface area contributed by atoms with Gasteiger partial charge in [-0.1, -0.05) is 6.07 Å². The molecule has 1 atom stereocenters. The molecule has 1 aromatic carbocycles. The van der Waals surface area contributed by atoms with E-state index in [0.717, 1.165) is 31.7 Å². The highest BCUT2D eigenvalue weighted by molar-refractivity contribution is 7.10. The molecule has 2 N–H and O–H groups in total. The number of hydrogen-bond donors (Lipinski definition) is 1. The highest BCUT2D eigenvalue weighted by Gasteiger charge is 2.39. The third-order valence-corrected chi connectivity index (χ3v) is 6.18. The van der Waals surface area contributed by atoms with Gasteiger partial charge in [-0.2, -0.15) is 4.37 Å². The molecular formula is C18H22N4OS. The molecule has 2 aliphatic heterocycles. The Morgan fingerprint density at radius 2 is 2.12 bits per heavy atom. The summed E-state index contributed by atoms with van der Waals surface area (Å²) in [7, 11) is 1.79. The van der Waals surface area contributed by atoms with E-state index >= 15 is 0 Å². The van der Waals surface area contributed by atoms with Crippen molar-refractivity contribution in [2.75, 3.05) is 30.0 Å². The van der Waals surface area contributed by atoms with Gasteiger partial charge in [0.1, 0.15) is 5.00 Å². The molecule has 0 amide bonds. The van der Waals surface area contributed by atoms with E-state index in [2.05, 4.69) is 26.3 Å². The Balaban J connectivity index is 1.65. The number of hydrogen-bond acceptors (Lipinski definition) is 6. The zero-order valence-electron chi connectivity index (χ0n) is 13.9. The Bertz CT molecular complexity index is 785. The number of anilines is 3. The summed E-state index contributed by atoms with van der Waals surface area (Å²) in [5.41, 5.74) is 11.3. The van der Waals surface area contributed by atoms with Crippen molar-refractivity contribution in [2.45, 2.75) is 37.8 Å². The molecule has 0 spiro atoms. The van der Waals surface area contributed by atoms with E-state index in [4.69, 9.17) is 10.5 Å². The van der Waals surface area contributed by atoms with Crippen molar-refractivity contribution in [3.05, 3.63) is 29.5 Å². The maximum atomic E-state index is 6.13. The van der Waals surface area contributed by atoms with Crippen LogP contribution < -0.4 is 20.3 Å². The van der Waals surface area contributed by atoms with Crippen LogP contribution in [0.4, 0.5) is 16.4 Å². The highest BCUT2D eigenvalue weighted by atomic mass is 32.1. The number of ether oxygens (including phenoxy) is 1. The molecule has 1 aromatic heterocycles. The van der Waals surface area contributed by atoms with Crippen LogP contribution in [0.2, 0.25) is 0 Å². The largest absolute Gasteiger partial charge is 0.492 e. The minimum Gasteiger partial charge on any atom is -0.492 e. The smallest absolute Gasteiger partial charge is 0.166 e. The molecule has 1 saturated heterocycles. The maximum Gasteiger partial charge on any atom is 0.166 e. The summed E-state index contributed by atoms with van der Waals surface area (Å²) in [6, 6.07) is 5.34. The first kappa shape index (κ1) is 14.5. The summed E-state index contributed by atoms with van der Waals surface area (Å²) >= 11 is 1.61. The van der Waals surface area contributed by atoms with Gasteiger partial charge in [0.05, 0.1) is 18.5 Å². The van der Waals surface area contributed by atoms with Crippen molar-refractivity contribution in [3.63, 3.8) is 0 Å². The summed E-state index contributed by atoms with van der Waals surface area (Å²) in [6.07, 6.45) is 6.52. The zero-order valence-corrected chi connectivity index (χ0v) is 14.7. The molecule has 6 heteroatoms. The number of aromatic nitrogens is 1. The van der Waals surface area contributed by atoms with Gasteiger partial charge in [0.15, 0.2) is 5.75 Å². The molecule has 5 rings (SSSR count). The van der Waals surface area contributed by atoms with Crippen molar-refractivity contribution in [2.24, 2.45) is 5.73 Å². The number of benzene rings is 1. The van der Waals surface area contributed by atoms with Crippen LogP contribution in [0.15, 0.2) is 18.3 Å². The van der Waals surface area contributed by atoms with Crippen LogP contribution in [0.1, 0.15) is 30.4 Å². The molecule has 1 aliphatic carbocycles. The van der Waals surface area contributed by atoms with E-state index in [1.807, 2.05) is 6.20 Å². The van der Waals surface area contributed by atoms with E-state index in [9.17, 15) is 0 Å². The van der Waals surface area contributed by atoms with Crippen LogP contribution in [0.3, 0.4) is 0 Å². The molecule has 0 unspecified atom stereocenters. The molecule has 3 aliphatic rings. The predicted octanol–water partition coefficient (Wildman–Crippen LogP) is 2.89. The normalized spacial score (nSPS) is 22.5. The molecular weight excluding hydrogens is 320 g/mol. The van der Waals surface area contributed by atoms with Crippen molar-refractivity contribution < 1.29 is 4.74 Å². The fourth-order valence-corrected chi connectivity index (χ4v) is 4.88. The Labute approximate surface area is 146 Å². The number of rotatable bonds is 3. The standard InChI is InChI=1S/C18H22N4OS/c1-23-17-15(21-7-6-13(19)10-21)5-2-11-8-12-9-20-24-18(12)22(16(11)17)14-3-4-14/h2,5,9,13-14H,3-4,6-8,10,19H2,1H3/t13-/m1/s1. The predicted molar refractivity (Wildman–Crippen MR) is 97.9 cm³/mol. The second kappa shape index (κ2) is 5.36. The van der Waals surface area contributed by atoms with E-state index < -0.39 is 0 Å². The van der Waals surface area contributed by atoms with Gasteiger partial charge in [-0.25, -0.2) is 0 Å². The molecule has 1 saturated carbocycles. The summed E-state index contributed by atoms with van der Waals surface area (Å²) in [6.45, 7) is 1.91. The van der Waals surface area contributed by atoms with Gasteiger partial charge >= 0.3 is 0 Å². The average molecular weight is 342 g/mol. The van der Waals surface area contributed by atoms with Crippen molar-refractivity contribution in [3.8, 4) is 5.75 Å². The first-order valence-corrected chi connectivity index (χ1v) is 9.46. The van der Waals surface area contributed by atoms with E-state index in [1.165, 1.54) is 40.3 Å². The molecule has 2 fully saturated rings. The second-order valence-electron chi connectivity index (χ2n) is 7.05. The van der Waals surface area contributed by atoms with Crippen LogP contribution >= 0.6 is 11.5 Å². The average Bonchev–Trinajstić information content (AvgIpc) is 3.16. The minimum atomic E-state index is 0.262. The topological polar surface area (TPSA) is 54.6 Å². The summed E-state index contributed by atoms with van der Waals surface area (Å²) in [5, 5.41) is 1.30. The molecule has 2 aromatic rings. The third-order valence-electron chi connectivity index (χ3n) is 5.34. The molecule has 0 bridgehead atoms.